The Hall–Kier alpha value is -0.920. The first-order valence-corrected chi connectivity index (χ1v) is 2.87. The van der Waals surface area contributed by atoms with Crippen molar-refractivity contribution in [3.8, 4) is 5.75 Å². The third kappa shape index (κ3) is 0.707. The number of hydrogen-bond donors (Lipinski definition) is 0. The molecule has 46 valence electrons. The van der Waals surface area contributed by atoms with Gasteiger partial charge >= 0.3 is 0 Å². The number of furan rings is 1. The van der Waals surface area contributed by atoms with Gasteiger partial charge in [-0.1, -0.05) is 0 Å². The first-order valence-electron chi connectivity index (χ1n) is 2.87. The van der Waals surface area contributed by atoms with E-state index < -0.39 is 0 Å². The van der Waals surface area contributed by atoms with E-state index in [1.807, 2.05) is 6.07 Å². The highest BCUT2D eigenvalue weighted by Crippen LogP contribution is 2.24. The second-order valence-electron chi connectivity index (χ2n) is 1.92. The van der Waals surface area contributed by atoms with E-state index in [1.165, 1.54) is 0 Å². The van der Waals surface area contributed by atoms with E-state index in [1.54, 1.807) is 6.26 Å². The predicted molar refractivity (Wildman–Crippen MR) is 31.1 cm³/mol. The molecule has 2 heterocycles. The van der Waals surface area contributed by atoms with Crippen LogP contribution in [0.15, 0.2) is 16.7 Å². The van der Waals surface area contributed by atoms with Gasteiger partial charge < -0.3 is 9.15 Å². The van der Waals surface area contributed by atoms with Crippen molar-refractivity contribution in [2.45, 2.75) is 6.42 Å². The van der Waals surface area contributed by atoms with Gasteiger partial charge in [0.15, 0.2) is 5.75 Å². The molecule has 1 aliphatic rings. The Kier molecular flexibility index (Phi) is 0.979. The van der Waals surface area contributed by atoms with Crippen molar-refractivity contribution in [2.75, 3.05) is 6.61 Å². The molecule has 2 rings (SSSR count). The number of ether oxygens (including phenoxy) is 1. The van der Waals surface area contributed by atoms with Crippen LogP contribution in [0.5, 0.6) is 5.75 Å². The largest absolute Gasteiger partial charge is 0.489 e. The van der Waals surface area contributed by atoms with Gasteiger partial charge in [-0.15, -0.1) is 0 Å². The fraction of sp³-hybridized carbons (Fsp3) is 0.286. The van der Waals surface area contributed by atoms with Crippen molar-refractivity contribution in [3.05, 3.63) is 24.5 Å². The van der Waals surface area contributed by atoms with Gasteiger partial charge in [0, 0.05) is 18.9 Å². The first kappa shape index (κ1) is 4.91. The van der Waals surface area contributed by atoms with Gasteiger partial charge in [-0.25, -0.2) is 0 Å². The summed E-state index contributed by atoms with van der Waals surface area (Å²) in [5.74, 6) is 1.76. The standard InChI is InChI=1S/C7H6O2/c1-2-6-7(8-4-1)3-5-9-6/h3,5H,2,4H2. The fourth-order valence-corrected chi connectivity index (χ4v) is 0.880. The summed E-state index contributed by atoms with van der Waals surface area (Å²) < 4.78 is 10.2. The molecule has 0 fully saturated rings. The lowest BCUT2D eigenvalue weighted by atomic mass is 10.2. The van der Waals surface area contributed by atoms with Crippen LogP contribution in [-0.4, -0.2) is 6.61 Å². The van der Waals surface area contributed by atoms with E-state index in [-0.39, 0.29) is 0 Å². The first-order chi connectivity index (χ1) is 4.47. The molecule has 1 aliphatic heterocycles. The van der Waals surface area contributed by atoms with Crippen molar-refractivity contribution in [1.29, 1.82) is 0 Å². The quantitative estimate of drug-likeness (QED) is 0.517. The summed E-state index contributed by atoms with van der Waals surface area (Å²) in [5, 5.41) is 0. The van der Waals surface area contributed by atoms with E-state index in [0.717, 1.165) is 17.9 Å². The maximum Gasteiger partial charge on any atom is 0.160 e. The Morgan fingerprint density at radius 3 is 3.44 bits per heavy atom. The highest BCUT2D eigenvalue weighted by Gasteiger charge is 2.12. The van der Waals surface area contributed by atoms with Crippen LogP contribution in [0, 0.1) is 6.42 Å². The lowest BCUT2D eigenvalue weighted by Gasteiger charge is -2.09. The second-order valence-corrected chi connectivity index (χ2v) is 1.92. The van der Waals surface area contributed by atoms with Crippen LogP contribution in [-0.2, 0) is 6.42 Å². The topological polar surface area (TPSA) is 22.4 Å². The molecule has 0 aliphatic carbocycles. The molecule has 0 saturated carbocycles. The van der Waals surface area contributed by atoms with Crippen molar-refractivity contribution in [3.63, 3.8) is 0 Å². The molecule has 2 radical (unpaired) electrons. The van der Waals surface area contributed by atoms with E-state index in [9.17, 15) is 0 Å². The summed E-state index contributed by atoms with van der Waals surface area (Å²) in [7, 11) is 0. The molecule has 0 spiro atoms. The van der Waals surface area contributed by atoms with Crippen molar-refractivity contribution in [2.24, 2.45) is 0 Å². The van der Waals surface area contributed by atoms with Crippen molar-refractivity contribution >= 4 is 0 Å². The van der Waals surface area contributed by atoms with Crippen molar-refractivity contribution in [1.82, 2.24) is 0 Å². The van der Waals surface area contributed by atoms with E-state index >= 15 is 0 Å². The summed E-state index contributed by atoms with van der Waals surface area (Å²) in [6.45, 7) is 0.590. The average Bonchev–Trinajstić information content (AvgIpc) is 2.33. The van der Waals surface area contributed by atoms with Crippen LogP contribution >= 0.6 is 0 Å². The van der Waals surface area contributed by atoms with Crippen molar-refractivity contribution < 1.29 is 9.15 Å². The van der Waals surface area contributed by atoms with Gasteiger partial charge in [0.05, 0.1) is 12.9 Å². The third-order valence-corrected chi connectivity index (χ3v) is 1.32. The summed E-state index contributed by atoms with van der Waals surface area (Å²) in [6, 6.07) is 1.83. The van der Waals surface area contributed by atoms with Crippen LogP contribution in [0.1, 0.15) is 5.76 Å². The molecule has 0 saturated heterocycles. The van der Waals surface area contributed by atoms with Gasteiger partial charge in [-0.2, -0.15) is 0 Å². The Labute approximate surface area is 53.4 Å². The van der Waals surface area contributed by atoms with E-state index in [2.05, 4.69) is 6.42 Å². The Morgan fingerprint density at radius 2 is 2.56 bits per heavy atom. The lowest BCUT2D eigenvalue weighted by Crippen LogP contribution is -2.06. The van der Waals surface area contributed by atoms with Gasteiger partial charge in [-0.3, -0.25) is 0 Å². The molecule has 0 bridgehead atoms. The zero-order chi connectivity index (χ0) is 6.10. The third-order valence-electron chi connectivity index (χ3n) is 1.32. The van der Waals surface area contributed by atoms with Crippen LogP contribution in [0.4, 0.5) is 0 Å². The van der Waals surface area contributed by atoms with Crippen LogP contribution in [0.25, 0.3) is 0 Å². The van der Waals surface area contributed by atoms with Gasteiger partial charge in [0.2, 0.25) is 0 Å². The molecule has 1 aromatic rings. The van der Waals surface area contributed by atoms with Gasteiger partial charge in [0.25, 0.3) is 0 Å². The van der Waals surface area contributed by atoms with E-state index in [0.29, 0.717) is 6.61 Å². The Bertz CT molecular complexity index is 182. The molecule has 2 nitrogen and oxygen atoms in total. The minimum atomic E-state index is 0.590. The molecular formula is C7H6O2. The van der Waals surface area contributed by atoms with Crippen LogP contribution < -0.4 is 4.74 Å². The van der Waals surface area contributed by atoms with E-state index in [4.69, 9.17) is 9.15 Å². The number of hydrogen-bond acceptors (Lipinski definition) is 2. The summed E-state index contributed by atoms with van der Waals surface area (Å²) in [6.07, 6.45) is 5.43. The normalized spacial score (nSPS) is 16.4. The number of fused-ring (bicyclic) bond motifs is 1. The molecular weight excluding hydrogens is 116 g/mol. The molecule has 0 aromatic carbocycles. The molecule has 2 heteroatoms. The minimum absolute atomic E-state index is 0.590. The fourth-order valence-electron chi connectivity index (χ4n) is 0.880. The molecule has 9 heavy (non-hydrogen) atoms. The zero-order valence-corrected chi connectivity index (χ0v) is 4.89. The van der Waals surface area contributed by atoms with Crippen LogP contribution in [0.3, 0.4) is 0 Å². The molecule has 0 unspecified atom stereocenters. The Balaban J connectivity index is 2.39. The molecule has 0 atom stereocenters. The lowest BCUT2D eigenvalue weighted by molar-refractivity contribution is 0.311. The monoisotopic (exact) mass is 122 g/mol. The average molecular weight is 122 g/mol. The number of rotatable bonds is 0. The Morgan fingerprint density at radius 1 is 1.56 bits per heavy atom. The smallest absolute Gasteiger partial charge is 0.160 e. The maximum absolute atomic E-state index is 5.16. The highest BCUT2D eigenvalue weighted by atomic mass is 16.5. The molecule has 0 N–H and O–H groups in total. The molecule has 1 aromatic heterocycles. The maximum atomic E-state index is 5.16. The summed E-state index contributed by atoms with van der Waals surface area (Å²) in [4.78, 5) is 0. The van der Waals surface area contributed by atoms with Gasteiger partial charge in [0.1, 0.15) is 5.76 Å². The second kappa shape index (κ2) is 1.79. The zero-order valence-electron chi connectivity index (χ0n) is 4.89. The van der Waals surface area contributed by atoms with Crippen LogP contribution in [0.2, 0.25) is 0 Å². The minimum Gasteiger partial charge on any atom is -0.489 e. The predicted octanol–water partition coefficient (Wildman–Crippen LogP) is 1.30. The summed E-state index contributed by atoms with van der Waals surface area (Å²) >= 11 is 0. The molecule has 0 amide bonds. The highest BCUT2D eigenvalue weighted by molar-refractivity contribution is 5.27. The summed E-state index contributed by atoms with van der Waals surface area (Å²) in [5.41, 5.74) is 0. The van der Waals surface area contributed by atoms with Gasteiger partial charge in [-0.05, 0) is 0 Å². The SMILES string of the molecule is [C]1COc2ccoc2C1.